The molecule has 11 heavy (non-hydrogen) atoms. The molecular weight excluding hydrogens is 154 g/mol. The highest BCUT2D eigenvalue weighted by Crippen LogP contribution is 2.26. The van der Waals surface area contributed by atoms with Gasteiger partial charge in [0.25, 0.3) is 0 Å². The van der Waals surface area contributed by atoms with Crippen LogP contribution in [0.2, 0.25) is 0 Å². The predicted molar refractivity (Wildman–Crippen MR) is 47.9 cm³/mol. The summed E-state index contributed by atoms with van der Waals surface area (Å²) in [4.78, 5) is 2.44. The number of hydrogen-bond acceptors (Lipinski definition) is 2. The first kappa shape index (κ1) is 8.29. The lowest BCUT2D eigenvalue weighted by Crippen LogP contribution is -1.78. The lowest BCUT2D eigenvalue weighted by Gasteiger charge is -1.96. The zero-order valence-corrected chi connectivity index (χ0v) is 7.83. The number of aryl methyl sites for hydroxylation is 1. The standard InChI is InChI=1S/C9H11NS/c1-6(2)9-4-8(5-10)7(3)11-9/h4,6H,1-3H3. The second-order valence-corrected chi connectivity index (χ2v) is 4.17. The molecule has 1 nitrogen and oxygen atoms in total. The summed E-state index contributed by atoms with van der Waals surface area (Å²) < 4.78 is 0. The van der Waals surface area contributed by atoms with Crippen molar-refractivity contribution in [1.82, 2.24) is 0 Å². The molecule has 0 spiro atoms. The van der Waals surface area contributed by atoms with Gasteiger partial charge in [-0.3, -0.25) is 0 Å². The van der Waals surface area contributed by atoms with Gasteiger partial charge in [0, 0.05) is 9.75 Å². The Hall–Kier alpha value is -0.810. The van der Waals surface area contributed by atoms with Crippen LogP contribution in [0.4, 0.5) is 0 Å². The van der Waals surface area contributed by atoms with Crippen molar-refractivity contribution in [1.29, 1.82) is 5.26 Å². The number of thiophene rings is 1. The zero-order chi connectivity index (χ0) is 8.43. The van der Waals surface area contributed by atoms with Gasteiger partial charge < -0.3 is 0 Å². The minimum absolute atomic E-state index is 0.542. The molecule has 58 valence electrons. The minimum Gasteiger partial charge on any atom is -0.192 e. The molecule has 0 saturated heterocycles. The van der Waals surface area contributed by atoms with E-state index >= 15 is 0 Å². The highest BCUT2D eigenvalue weighted by molar-refractivity contribution is 7.12. The van der Waals surface area contributed by atoms with Crippen LogP contribution in [0.15, 0.2) is 6.07 Å². The Balaban J connectivity index is 3.07. The smallest absolute Gasteiger partial charge is 0.100 e. The van der Waals surface area contributed by atoms with Crippen LogP contribution in [-0.2, 0) is 0 Å². The maximum atomic E-state index is 8.67. The zero-order valence-electron chi connectivity index (χ0n) is 7.01. The van der Waals surface area contributed by atoms with Crippen LogP contribution >= 0.6 is 11.3 Å². The van der Waals surface area contributed by atoms with Crippen LogP contribution in [0.1, 0.15) is 35.1 Å². The minimum atomic E-state index is 0.542. The average Bonchev–Trinajstić information content (AvgIpc) is 2.31. The van der Waals surface area contributed by atoms with Crippen molar-refractivity contribution in [3.05, 3.63) is 21.4 Å². The maximum Gasteiger partial charge on any atom is 0.100 e. The van der Waals surface area contributed by atoms with E-state index in [9.17, 15) is 0 Å². The molecule has 0 aliphatic carbocycles. The number of nitrogens with zero attached hydrogens (tertiary/aromatic N) is 1. The first-order chi connectivity index (χ1) is 5.15. The van der Waals surface area contributed by atoms with E-state index in [-0.39, 0.29) is 0 Å². The van der Waals surface area contributed by atoms with Crippen molar-refractivity contribution >= 4 is 11.3 Å². The van der Waals surface area contributed by atoms with Gasteiger partial charge in [-0.25, -0.2) is 0 Å². The lowest BCUT2D eigenvalue weighted by molar-refractivity contribution is 0.889. The van der Waals surface area contributed by atoms with Gasteiger partial charge >= 0.3 is 0 Å². The van der Waals surface area contributed by atoms with Gasteiger partial charge in [0.05, 0.1) is 5.56 Å². The molecule has 1 heterocycles. The van der Waals surface area contributed by atoms with Gasteiger partial charge in [-0.2, -0.15) is 5.26 Å². The number of nitriles is 1. The van der Waals surface area contributed by atoms with Crippen LogP contribution in [-0.4, -0.2) is 0 Å². The number of hydrogen-bond donors (Lipinski definition) is 0. The molecule has 0 atom stereocenters. The summed E-state index contributed by atoms with van der Waals surface area (Å²) in [5, 5.41) is 8.67. The van der Waals surface area contributed by atoms with Crippen molar-refractivity contribution in [3.63, 3.8) is 0 Å². The van der Waals surface area contributed by atoms with Crippen LogP contribution in [0, 0.1) is 18.3 Å². The van der Waals surface area contributed by atoms with Crippen LogP contribution in [0.3, 0.4) is 0 Å². The van der Waals surface area contributed by atoms with Gasteiger partial charge in [0.15, 0.2) is 0 Å². The topological polar surface area (TPSA) is 23.8 Å². The van der Waals surface area contributed by atoms with E-state index < -0.39 is 0 Å². The Morgan fingerprint density at radius 1 is 1.55 bits per heavy atom. The molecule has 0 aliphatic rings. The highest BCUT2D eigenvalue weighted by Gasteiger charge is 2.06. The average molecular weight is 165 g/mol. The van der Waals surface area contributed by atoms with E-state index in [1.165, 1.54) is 4.88 Å². The van der Waals surface area contributed by atoms with Crippen molar-refractivity contribution in [3.8, 4) is 6.07 Å². The van der Waals surface area contributed by atoms with Crippen LogP contribution < -0.4 is 0 Å². The fourth-order valence-corrected chi connectivity index (χ4v) is 1.88. The summed E-state index contributed by atoms with van der Waals surface area (Å²) in [7, 11) is 0. The lowest BCUT2D eigenvalue weighted by atomic mass is 10.1. The van der Waals surface area contributed by atoms with Gasteiger partial charge in [-0.15, -0.1) is 11.3 Å². The molecule has 0 N–H and O–H groups in total. The highest BCUT2D eigenvalue weighted by atomic mass is 32.1. The van der Waals surface area contributed by atoms with Crippen molar-refractivity contribution in [2.24, 2.45) is 0 Å². The Labute approximate surface area is 71.3 Å². The fraction of sp³-hybridized carbons (Fsp3) is 0.444. The summed E-state index contributed by atoms with van der Waals surface area (Å²) in [6.45, 7) is 6.29. The Morgan fingerprint density at radius 3 is 2.45 bits per heavy atom. The molecule has 1 rings (SSSR count). The third-order valence-electron chi connectivity index (χ3n) is 1.63. The third-order valence-corrected chi connectivity index (χ3v) is 2.98. The first-order valence-corrected chi connectivity index (χ1v) is 4.47. The second-order valence-electron chi connectivity index (χ2n) is 2.89. The number of rotatable bonds is 1. The molecule has 0 fully saturated rings. The molecule has 1 aromatic heterocycles. The summed E-state index contributed by atoms with van der Waals surface area (Å²) in [5.41, 5.74) is 0.832. The van der Waals surface area contributed by atoms with Crippen LogP contribution in [0.25, 0.3) is 0 Å². The first-order valence-electron chi connectivity index (χ1n) is 3.65. The molecule has 0 aliphatic heterocycles. The molecule has 2 heteroatoms. The van der Waals surface area contributed by atoms with Gasteiger partial charge in [0.2, 0.25) is 0 Å². The summed E-state index contributed by atoms with van der Waals surface area (Å²) in [6, 6.07) is 4.17. The molecule has 1 aromatic rings. The third kappa shape index (κ3) is 1.61. The van der Waals surface area contributed by atoms with E-state index in [1.54, 1.807) is 11.3 Å². The van der Waals surface area contributed by atoms with E-state index in [0.29, 0.717) is 5.92 Å². The van der Waals surface area contributed by atoms with Crippen molar-refractivity contribution < 1.29 is 0 Å². The van der Waals surface area contributed by atoms with Gasteiger partial charge in [-0.05, 0) is 18.9 Å². The van der Waals surface area contributed by atoms with E-state index in [0.717, 1.165) is 10.4 Å². The molecule has 0 amide bonds. The predicted octanol–water partition coefficient (Wildman–Crippen LogP) is 3.05. The fourth-order valence-electron chi connectivity index (χ4n) is 0.901. The van der Waals surface area contributed by atoms with Crippen molar-refractivity contribution in [2.75, 3.05) is 0 Å². The van der Waals surface area contributed by atoms with Crippen LogP contribution in [0.5, 0.6) is 0 Å². The summed E-state index contributed by atoms with van der Waals surface area (Å²) >= 11 is 1.72. The Bertz CT molecular complexity index is 291. The summed E-state index contributed by atoms with van der Waals surface area (Å²) in [6.07, 6.45) is 0. The Morgan fingerprint density at radius 2 is 2.18 bits per heavy atom. The van der Waals surface area contributed by atoms with E-state index in [4.69, 9.17) is 5.26 Å². The quantitative estimate of drug-likeness (QED) is 0.627. The Kier molecular flexibility index (Phi) is 2.31. The second kappa shape index (κ2) is 3.06. The largest absolute Gasteiger partial charge is 0.192 e. The molecule has 0 radical (unpaired) electrons. The van der Waals surface area contributed by atoms with E-state index in [2.05, 4.69) is 19.9 Å². The normalized spacial score (nSPS) is 10.1. The molecule has 0 bridgehead atoms. The van der Waals surface area contributed by atoms with Gasteiger partial charge in [0.1, 0.15) is 6.07 Å². The maximum absolute atomic E-state index is 8.67. The SMILES string of the molecule is Cc1sc(C(C)C)cc1C#N. The van der Waals surface area contributed by atoms with Gasteiger partial charge in [-0.1, -0.05) is 13.8 Å². The molecule has 0 aromatic carbocycles. The monoisotopic (exact) mass is 165 g/mol. The molecule has 0 unspecified atom stereocenters. The molecular formula is C9H11NS. The van der Waals surface area contributed by atoms with Crippen molar-refractivity contribution in [2.45, 2.75) is 26.7 Å². The van der Waals surface area contributed by atoms with E-state index in [1.807, 2.05) is 13.0 Å². The summed E-state index contributed by atoms with van der Waals surface area (Å²) in [5.74, 6) is 0.542. The molecule has 0 saturated carbocycles.